The molecule has 0 bridgehead atoms. The van der Waals surface area contributed by atoms with Gasteiger partial charge >= 0.3 is 11.9 Å². The Morgan fingerprint density at radius 1 is 1.20 bits per heavy atom. The van der Waals surface area contributed by atoms with Crippen LogP contribution in [0, 0.1) is 0 Å². The third kappa shape index (κ3) is 1.98. The van der Waals surface area contributed by atoms with Crippen LogP contribution in [0.5, 0.6) is 0 Å². The van der Waals surface area contributed by atoms with Crippen molar-refractivity contribution in [3.05, 3.63) is 33.8 Å². The second-order valence-electron chi connectivity index (χ2n) is 3.22. The highest BCUT2D eigenvalue weighted by Crippen LogP contribution is 2.31. The zero-order valence-corrected chi connectivity index (χ0v) is 9.01. The first kappa shape index (κ1) is 10.5. The van der Waals surface area contributed by atoms with E-state index in [1.54, 1.807) is 18.2 Å². The standard InChI is InChI=1S/C10H6Cl2O3/c11-7-2-1-5(3-8(7)12)6-4-9(13)15-10(6)14/h1-3,6H,4H2. The molecular formula is C10H6Cl2O3. The van der Waals surface area contributed by atoms with Crippen molar-refractivity contribution < 1.29 is 14.3 Å². The summed E-state index contributed by atoms with van der Waals surface area (Å²) in [5.74, 6) is -1.58. The smallest absolute Gasteiger partial charge is 0.321 e. The Bertz CT molecular complexity index is 442. The topological polar surface area (TPSA) is 43.4 Å². The van der Waals surface area contributed by atoms with Crippen molar-refractivity contribution in [3.63, 3.8) is 0 Å². The molecule has 1 saturated heterocycles. The summed E-state index contributed by atoms with van der Waals surface area (Å²) in [4.78, 5) is 22.1. The van der Waals surface area contributed by atoms with Gasteiger partial charge in [0.1, 0.15) is 0 Å². The monoisotopic (exact) mass is 244 g/mol. The normalized spacial score (nSPS) is 20.5. The molecule has 1 aliphatic rings. The number of hydrogen-bond donors (Lipinski definition) is 0. The van der Waals surface area contributed by atoms with E-state index in [1.165, 1.54) is 0 Å². The van der Waals surface area contributed by atoms with Crippen molar-refractivity contribution in [1.82, 2.24) is 0 Å². The molecule has 0 N–H and O–H groups in total. The number of carbonyl (C=O) groups is 2. The van der Waals surface area contributed by atoms with E-state index >= 15 is 0 Å². The third-order valence-electron chi connectivity index (χ3n) is 2.22. The zero-order valence-electron chi connectivity index (χ0n) is 7.50. The van der Waals surface area contributed by atoms with Gasteiger partial charge in [0, 0.05) is 0 Å². The number of cyclic esters (lactones) is 2. The first-order valence-electron chi connectivity index (χ1n) is 4.27. The Balaban J connectivity index is 2.34. The summed E-state index contributed by atoms with van der Waals surface area (Å²) in [7, 11) is 0. The lowest BCUT2D eigenvalue weighted by molar-refractivity contribution is -0.152. The maximum absolute atomic E-state index is 11.3. The Labute approximate surface area is 95.9 Å². The minimum atomic E-state index is -0.549. The Kier molecular flexibility index (Phi) is 2.67. The molecule has 0 aliphatic carbocycles. The number of rotatable bonds is 1. The SMILES string of the molecule is O=C1CC(c2ccc(Cl)c(Cl)c2)C(=O)O1. The molecule has 5 heteroatoms. The largest absolute Gasteiger partial charge is 0.393 e. The van der Waals surface area contributed by atoms with Crippen LogP contribution in [0.25, 0.3) is 0 Å². The average Bonchev–Trinajstić information content (AvgIpc) is 2.50. The van der Waals surface area contributed by atoms with Gasteiger partial charge in [-0.15, -0.1) is 0 Å². The van der Waals surface area contributed by atoms with Gasteiger partial charge in [0.2, 0.25) is 0 Å². The fourth-order valence-corrected chi connectivity index (χ4v) is 1.76. The molecule has 0 amide bonds. The van der Waals surface area contributed by atoms with E-state index in [2.05, 4.69) is 4.74 Å². The van der Waals surface area contributed by atoms with Gasteiger partial charge in [0.05, 0.1) is 22.4 Å². The van der Waals surface area contributed by atoms with Gasteiger partial charge < -0.3 is 4.74 Å². The summed E-state index contributed by atoms with van der Waals surface area (Å²) in [6.45, 7) is 0. The van der Waals surface area contributed by atoms with E-state index in [-0.39, 0.29) is 6.42 Å². The fourth-order valence-electron chi connectivity index (χ4n) is 1.46. The number of ether oxygens (including phenoxy) is 1. The molecule has 1 aromatic rings. The van der Waals surface area contributed by atoms with Crippen LogP contribution in [-0.4, -0.2) is 11.9 Å². The predicted molar refractivity (Wildman–Crippen MR) is 54.9 cm³/mol. The van der Waals surface area contributed by atoms with Gasteiger partial charge in [-0.2, -0.15) is 0 Å². The molecule has 1 aliphatic heterocycles. The van der Waals surface area contributed by atoms with Gasteiger partial charge in [0.25, 0.3) is 0 Å². The van der Waals surface area contributed by atoms with Crippen LogP contribution < -0.4 is 0 Å². The van der Waals surface area contributed by atoms with Gasteiger partial charge in [-0.3, -0.25) is 9.59 Å². The molecule has 1 unspecified atom stereocenters. The highest BCUT2D eigenvalue weighted by molar-refractivity contribution is 6.42. The van der Waals surface area contributed by atoms with Crippen molar-refractivity contribution >= 4 is 35.1 Å². The van der Waals surface area contributed by atoms with E-state index in [4.69, 9.17) is 23.2 Å². The predicted octanol–water partition coefficient (Wildman–Crippen LogP) is 2.55. The quantitative estimate of drug-likeness (QED) is 0.564. The molecule has 1 heterocycles. The van der Waals surface area contributed by atoms with E-state index in [0.717, 1.165) is 0 Å². The van der Waals surface area contributed by atoms with Crippen molar-refractivity contribution in [1.29, 1.82) is 0 Å². The van der Waals surface area contributed by atoms with E-state index in [1.807, 2.05) is 0 Å². The Morgan fingerprint density at radius 3 is 2.47 bits per heavy atom. The van der Waals surface area contributed by atoms with Gasteiger partial charge in [-0.1, -0.05) is 29.3 Å². The van der Waals surface area contributed by atoms with Crippen LogP contribution in [0.15, 0.2) is 18.2 Å². The number of carbonyl (C=O) groups excluding carboxylic acids is 2. The van der Waals surface area contributed by atoms with Crippen LogP contribution in [0.4, 0.5) is 0 Å². The summed E-state index contributed by atoms with van der Waals surface area (Å²) >= 11 is 11.5. The highest BCUT2D eigenvalue weighted by atomic mass is 35.5. The minimum absolute atomic E-state index is 0.0663. The number of benzene rings is 1. The van der Waals surface area contributed by atoms with Crippen LogP contribution in [0.1, 0.15) is 17.9 Å². The third-order valence-corrected chi connectivity index (χ3v) is 2.95. The fraction of sp³-hybridized carbons (Fsp3) is 0.200. The van der Waals surface area contributed by atoms with Crippen molar-refractivity contribution in [2.75, 3.05) is 0 Å². The van der Waals surface area contributed by atoms with Gasteiger partial charge in [0.15, 0.2) is 0 Å². The zero-order chi connectivity index (χ0) is 11.0. The summed E-state index contributed by atoms with van der Waals surface area (Å²) in [6.07, 6.45) is 0.0663. The summed E-state index contributed by atoms with van der Waals surface area (Å²) in [6, 6.07) is 4.84. The first-order valence-corrected chi connectivity index (χ1v) is 5.03. The maximum atomic E-state index is 11.3. The average molecular weight is 245 g/mol. The van der Waals surface area contributed by atoms with Crippen LogP contribution in [0.2, 0.25) is 10.0 Å². The van der Waals surface area contributed by atoms with Crippen LogP contribution >= 0.6 is 23.2 Å². The van der Waals surface area contributed by atoms with E-state index < -0.39 is 17.9 Å². The maximum Gasteiger partial charge on any atom is 0.321 e. The lowest BCUT2D eigenvalue weighted by Crippen LogP contribution is -2.05. The molecule has 3 nitrogen and oxygen atoms in total. The Morgan fingerprint density at radius 2 is 1.93 bits per heavy atom. The minimum Gasteiger partial charge on any atom is -0.393 e. The van der Waals surface area contributed by atoms with Crippen molar-refractivity contribution in [2.45, 2.75) is 12.3 Å². The van der Waals surface area contributed by atoms with Crippen molar-refractivity contribution in [3.8, 4) is 0 Å². The molecule has 15 heavy (non-hydrogen) atoms. The van der Waals surface area contributed by atoms with Gasteiger partial charge in [-0.25, -0.2) is 0 Å². The number of halogens is 2. The molecule has 1 aromatic carbocycles. The van der Waals surface area contributed by atoms with Crippen LogP contribution in [0.3, 0.4) is 0 Å². The van der Waals surface area contributed by atoms with E-state index in [0.29, 0.717) is 15.6 Å². The molecule has 0 aromatic heterocycles. The Hall–Kier alpha value is -1.06. The molecule has 78 valence electrons. The van der Waals surface area contributed by atoms with Gasteiger partial charge in [-0.05, 0) is 17.7 Å². The summed E-state index contributed by atoms with van der Waals surface area (Å²) in [5, 5.41) is 0.777. The highest BCUT2D eigenvalue weighted by Gasteiger charge is 2.34. The van der Waals surface area contributed by atoms with Crippen molar-refractivity contribution in [2.24, 2.45) is 0 Å². The molecule has 2 rings (SSSR count). The molecule has 0 radical (unpaired) electrons. The molecule has 0 spiro atoms. The second kappa shape index (κ2) is 3.83. The molecule has 1 fully saturated rings. The second-order valence-corrected chi connectivity index (χ2v) is 4.04. The van der Waals surface area contributed by atoms with Crippen LogP contribution in [-0.2, 0) is 14.3 Å². The molecular weight excluding hydrogens is 239 g/mol. The summed E-state index contributed by atoms with van der Waals surface area (Å²) in [5.41, 5.74) is 0.653. The number of esters is 2. The van der Waals surface area contributed by atoms with E-state index in [9.17, 15) is 9.59 Å². The summed E-state index contributed by atoms with van der Waals surface area (Å²) < 4.78 is 4.44. The molecule has 1 atom stereocenters. The molecule has 0 saturated carbocycles. The first-order chi connectivity index (χ1) is 7.08. The lowest BCUT2D eigenvalue weighted by atomic mass is 9.98. The number of hydrogen-bond acceptors (Lipinski definition) is 3. The lowest BCUT2D eigenvalue weighted by Gasteiger charge is -2.05.